The zero-order valence-electron chi connectivity index (χ0n) is 10.8. The summed E-state index contributed by atoms with van der Waals surface area (Å²) < 4.78 is 6.38. The summed E-state index contributed by atoms with van der Waals surface area (Å²) in [6.45, 7) is 4.98. The maximum atomic E-state index is 5.51. The summed E-state index contributed by atoms with van der Waals surface area (Å²) in [5.74, 6) is 0. The van der Waals surface area contributed by atoms with E-state index in [-0.39, 0.29) is 0 Å². The van der Waals surface area contributed by atoms with Crippen LogP contribution in [0.3, 0.4) is 0 Å². The second-order valence-electron chi connectivity index (χ2n) is 4.34. The Morgan fingerprint density at radius 3 is 2.56 bits per heavy atom. The first-order chi connectivity index (χ1) is 8.81. The van der Waals surface area contributed by atoms with Gasteiger partial charge < -0.3 is 0 Å². The number of nitrogens with zero attached hydrogens (tertiary/aromatic N) is 1. The molecule has 0 unspecified atom stereocenters. The van der Waals surface area contributed by atoms with Crippen molar-refractivity contribution in [1.29, 1.82) is 0 Å². The molecule has 1 heterocycles. The van der Waals surface area contributed by atoms with E-state index in [9.17, 15) is 0 Å². The monoisotopic (exact) mass is 281 g/mol. The van der Waals surface area contributed by atoms with Crippen molar-refractivity contribution in [3.05, 3.63) is 42.0 Å². The van der Waals surface area contributed by atoms with Crippen LogP contribution in [0, 0.1) is 0 Å². The standard InChI is InChI=1S/C15H19NO.Cr/c1-2-17-13-10-15(16-11-6-7-12-16)14-8-4-3-5-9-14;/h3-5,8-10H,2,6-7,11-12H2,1H3;/b15-10+;. The molecule has 2 nitrogen and oxygen atoms in total. The van der Waals surface area contributed by atoms with Gasteiger partial charge in [0.15, 0.2) is 0 Å². The SMILES string of the molecule is CCO[C](=[Cr])/C=C(\c1ccccc1)N1CCCC1. The quantitative estimate of drug-likeness (QED) is 0.823. The van der Waals surface area contributed by atoms with Gasteiger partial charge in [0, 0.05) is 0 Å². The molecule has 0 aromatic heterocycles. The van der Waals surface area contributed by atoms with E-state index in [0.717, 1.165) is 17.7 Å². The van der Waals surface area contributed by atoms with Crippen LogP contribution in [-0.2, 0) is 20.6 Å². The molecule has 1 fully saturated rings. The van der Waals surface area contributed by atoms with Crippen LogP contribution in [0.4, 0.5) is 0 Å². The third kappa shape index (κ3) is 3.56. The van der Waals surface area contributed by atoms with Crippen molar-refractivity contribution in [1.82, 2.24) is 4.90 Å². The van der Waals surface area contributed by atoms with Crippen LogP contribution >= 0.6 is 0 Å². The fraction of sp³-hybridized carbons (Fsp3) is 0.400. The Morgan fingerprint density at radius 2 is 1.94 bits per heavy atom. The third-order valence-electron chi connectivity index (χ3n) is 3.06. The molecule has 0 bridgehead atoms. The van der Waals surface area contributed by atoms with E-state index in [4.69, 9.17) is 4.74 Å². The number of hydrogen-bond acceptors (Lipinski definition) is 2. The molecular weight excluding hydrogens is 262 g/mol. The van der Waals surface area contributed by atoms with Gasteiger partial charge in [0.1, 0.15) is 0 Å². The Labute approximate surface area is 117 Å². The fourth-order valence-electron chi connectivity index (χ4n) is 2.22. The molecule has 0 atom stereocenters. The normalized spacial score (nSPS) is 16.1. The summed E-state index contributed by atoms with van der Waals surface area (Å²) in [5, 5.41) is 0. The van der Waals surface area contributed by atoms with E-state index in [1.807, 2.05) is 6.92 Å². The van der Waals surface area contributed by atoms with Gasteiger partial charge in [-0.3, -0.25) is 0 Å². The predicted molar refractivity (Wildman–Crippen MR) is 71.9 cm³/mol. The van der Waals surface area contributed by atoms with Gasteiger partial charge in [0.05, 0.1) is 0 Å². The zero-order valence-corrected chi connectivity index (χ0v) is 12.0. The van der Waals surface area contributed by atoms with E-state index in [1.54, 1.807) is 0 Å². The van der Waals surface area contributed by atoms with Crippen LogP contribution in [-0.4, -0.2) is 29.2 Å². The van der Waals surface area contributed by atoms with Crippen molar-refractivity contribution in [3.63, 3.8) is 0 Å². The first-order valence-electron chi connectivity index (χ1n) is 6.50. The van der Waals surface area contributed by atoms with Crippen LogP contribution < -0.4 is 0 Å². The van der Waals surface area contributed by atoms with Gasteiger partial charge in [-0.05, 0) is 0 Å². The molecule has 0 saturated carbocycles. The molecule has 0 amide bonds. The van der Waals surface area contributed by atoms with Gasteiger partial charge in [0.25, 0.3) is 0 Å². The fourth-order valence-corrected chi connectivity index (χ4v) is 2.58. The van der Waals surface area contributed by atoms with Crippen LogP contribution in [0.25, 0.3) is 5.70 Å². The van der Waals surface area contributed by atoms with Crippen LogP contribution in [0.15, 0.2) is 36.4 Å². The first-order valence-corrected chi connectivity index (χ1v) is 7.14. The number of likely N-dealkylation sites (tertiary alicyclic amines) is 1. The Bertz CT molecular complexity index is 421. The molecule has 3 heteroatoms. The molecule has 0 radical (unpaired) electrons. The molecule has 1 aromatic rings. The van der Waals surface area contributed by atoms with Gasteiger partial charge in [-0.15, -0.1) is 0 Å². The molecule has 1 aliphatic rings. The number of ether oxygens (including phenoxy) is 1. The van der Waals surface area contributed by atoms with Crippen molar-refractivity contribution >= 4 is 10.3 Å². The Hall–Kier alpha value is -0.878. The number of hydrogen-bond donors (Lipinski definition) is 0. The van der Waals surface area contributed by atoms with Crippen molar-refractivity contribution in [3.8, 4) is 0 Å². The molecule has 0 aliphatic carbocycles. The van der Waals surface area contributed by atoms with Gasteiger partial charge in [-0.1, -0.05) is 0 Å². The molecule has 96 valence electrons. The van der Waals surface area contributed by atoms with Gasteiger partial charge in [-0.2, -0.15) is 0 Å². The summed E-state index contributed by atoms with van der Waals surface area (Å²) in [6.07, 6.45) is 4.67. The Balaban J connectivity index is 2.25. The third-order valence-corrected chi connectivity index (χ3v) is 3.43. The minimum atomic E-state index is 0.695. The maximum absolute atomic E-state index is 5.51. The summed E-state index contributed by atoms with van der Waals surface area (Å²) in [4.78, 5) is 2.44. The predicted octanol–water partition coefficient (Wildman–Crippen LogP) is 2.84. The van der Waals surface area contributed by atoms with Crippen LogP contribution in [0.2, 0.25) is 0 Å². The Kier molecular flexibility index (Phi) is 5.19. The summed E-state index contributed by atoms with van der Waals surface area (Å²) >= 11 is 2.99. The van der Waals surface area contributed by atoms with E-state index < -0.39 is 0 Å². The minimum absolute atomic E-state index is 0.695. The van der Waals surface area contributed by atoms with Crippen molar-refractivity contribution in [2.45, 2.75) is 19.8 Å². The second-order valence-corrected chi connectivity index (χ2v) is 4.97. The van der Waals surface area contributed by atoms with Crippen molar-refractivity contribution < 1.29 is 20.6 Å². The average molecular weight is 281 g/mol. The van der Waals surface area contributed by atoms with E-state index in [0.29, 0.717) is 6.61 Å². The molecule has 1 aliphatic heterocycles. The van der Waals surface area contributed by atoms with Gasteiger partial charge in [0.2, 0.25) is 0 Å². The Morgan fingerprint density at radius 1 is 1.28 bits per heavy atom. The molecule has 1 saturated heterocycles. The van der Waals surface area contributed by atoms with E-state index in [1.165, 1.54) is 24.1 Å². The molecule has 1 aromatic carbocycles. The molecule has 0 N–H and O–H groups in total. The van der Waals surface area contributed by atoms with Crippen molar-refractivity contribution in [2.75, 3.05) is 19.7 Å². The number of rotatable bonds is 5. The van der Waals surface area contributed by atoms with Gasteiger partial charge >= 0.3 is 117 Å². The van der Waals surface area contributed by atoms with Crippen LogP contribution in [0.5, 0.6) is 0 Å². The van der Waals surface area contributed by atoms with Gasteiger partial charge in [-0.25, -0.2) is 0 Å². The summed E-state index contributed by atoms with van der Waals surface area (Å²) in [5.41, 5.74) is 2.52. The zero-order chi connectivity index (χ0) is 12.8. The summed E-state index contributed by atoms with van der Waals surface area (Å²) in [6, 6.07) is 10.5. The average Bonchev–Trinajstić information content (AvgIpc) is 2.91. The molecule has 18 heavy (non-hydrogen) atoms. The van der Waals surface area contributed by atoms with Crippen LogP contribution in [0.1, 0.15) is 25.3 Å². The summed E-state index contributed by atoms with van der Waals surface area (Å²) in [7, 11) is 0. The first kappa shape index (κ1) is 13.6. The van der Waals surface area contributed by atoms with Crippen molar-refractivity contribution in [2.24, 2.45) is 0 Å². The van der Waals surface area contributed by atoms with E-state index >= 15 is 0 Å². The molecule has 0 spiro atoms. The molecule has 2 rings (SSSR count). The molecular formula is C15H19CrNO. The number of benzene rings is 1. The van der Waals surface area contributed by atoms with E-state index in [2.05, 4.69) is 57.2 Å². The topological polar surface area (TPSA) is 12.5 Å². The second kappa shape index (κ2) is 6.90.